The quantitative estimate of drug-likeness (QED) is 0.886. The summed E-state index contributed by atoms with van der Waals surface area (Å²) in [4.78, 5) is 4.52. The van der Waals surface area contributed by atoms with Gasteiger partial charge in [0.15, 0.2) is 0 Å². The van der Waals surface area contributed by atoms with Crippen molar-refractivity contribution in [2.45, 2.75) is 26.9 Å². The van der Waals surface area contributed by atoms with Crippen LogP contribution in [0.15, 0.2) is 18.2 Å². The highest BCUT2D eigenvalue weighted by atomic mass is 16.3. The molecule has 4 heteroatoms. The standard InChI is InChI=1S/C15H23N3O/c1-10-17-12-8-11(6-7-13(12)18(10)5)14(19)15(2,3)9-16-4/h6-8,14,16,19H,9H2,1-5H3. The molecule has 1 atom stereocenters. The highest BCUT2D eigenvalue weighted by Gasteiger charge is 2.28. The first-order chi connectivity index (χ1) is 8.86. The van der Waals surface area contributed by atoms with Crippen molar-refractivity contribution in [2.75, 3.05) is 13.6 Å². The number of hydrogen-bond acceptors (Lipinski definition) is 3. The smallest absolute Gasteiger partial charge is 0.106 e. The van der Waals surface area contributed by atoms with Gasteiger partial charge in [-0.1, -0.05) is 19.9 Å². The van der Waals surface area contributed by atoms with Gasteiger partial charge in [0, 0.05) is 19.0 Å². The molecule has 0 aliphatic heterocycles. The summed E-state index contributed by atoms with van der Waals surface area (Å²) in [5, 5.41) is 13.7. The molecule has 2 N–H and O–H groups in total. The second-order valence-electron chi connectivity index (χ2n) is 5.89. The summed E-state index contributed by atoms with van der Waals surface area (Å²) in [6.07, 6.45) is -0.508. The van der Waals surface area contributed by atoms with E-state index >= 15 is 0 Å². The zero-order valence-corrected chi connectivity index (χ0v) is 12.4. The van der Waals surface area contributed by atoms with E-state index in [9.17, 15) is 5.11 Å². The molecule has 0 aliphatic carbocycles. The molecule has 2 aromatic rings. The van der Waals surface area contributed by atoms with E-state index < -0.39 is 6.10 Å². The van der Waals surface area contributed by atoms with E-state index in [0.29, 0.717) is 0 Å². The molecule has 1 aromatic carbocycles. The van der Waals surface area contributed by atoms with Crippen LogP contribution < -0.4 is 5.32 Å². The maximum atomic E-state index is 10.5. The summed E-state index contributed by atoms with van der Waals surface area (Å²) in [7, 11) is 3.91. The number of imidazole rings is 1. The van der Waals surface area contributed by atoms with Gasteiger partial charge >= 0.3 is 0 Å². The minimum absolute atomic E-state index is 0.216. The Kier molecular flexibility index (Phi) is 3.65. The van der Waals surface area contributed by atoms with Gasteiger partial charge in [-0.15, -0.1) is 0 Å². The molecule has 4 nitrogen and oxygen atoms in total. The molecule has 0 fully saturated rings. The number of benzene rings is 1. The Hall–Kier alpha value is -1.39. The SMILES string of the molecule is CNCC(C)(C)C(O)c1ccc2c(c1)nc(C)n2C. The van der Waals surface area contributed by atoms with Gasteiger partial charge in [-0.3, -0.25) is 0 Å². The molecule has 1 aromatic heterocycles. The normalized spacial score (nSPS) is 14.0. The molecular weight excluding hydrogens is 238 g/mol. The van der Waals surface area contributed by atoms with Crippen LogP contribution in [0.5, 0.6) is 0 Å². The topological polar surface area (TPSA) is 50.1 Å². The fourth-order valence-electron chi connectivity index (χ4n) is 2.51. The van der Waals surface area contributed by atoms with Gasteiger partial charge in [0.05, 0.1) is 17.1 Å². The maximum Gasteiger partial charge on any atom is 0.106 e. The van der Waals surface area contributed by atoms with E-state index in [2.05, 4.69) is 28.7 Å². The molecule has 0 amide bonds. The minimum Gasteiger partial charge on any atom is -0.388 e. The number of nitrogens with zero attached hydrogens (tertiary/aromatic N) is 2. The predicted octanol–water partition coefficient (Wildman–Crippen LogP) is 2.16. The number of aromatic nitrogens is 2. The zero-order valence-electron chi connectivity index (χ0n) is 12.4. The first-order valence-corrected chi connectivity index (χ1v) is 6.62. The number of aliphatic hydroxyl groups is 1. The van der Waals surface area contributed by atoms with Gasteiger partial charge in [0.2, 0.25) is 0 Å². The summed E-state index contributed by atoms with van der Waals surface area (Å²) < 4.78 is 2.06. The summed E-state index contributed by atoms with van der Waals surface area (Å²) in [5.74, 6) is 0.983. The fraction of sp³-hybridized carbons (Fsp3) is 0.533. The third kappa shape index (κ3) is 2.51. The Bertz CT molecular complexity index is 586. The number of aliphatic hydroxyl groups excluding tert-OH is 1. The van der Waals surface area contributed by atoms with E-state index in [1.54, 1.807) is 0 Å². The molecule has 19 heavy (non-hydrogen) atoms. The lowest BCUT2D eigenvalue weighted by Crippen LogP contribution is -2.32. The Morgan fingerprint density at radius 1 is 1.42 bits per heavy atom. The van der Waals surface area contributed by atoms with Crippen LogP contribution in [-0.4, -0.2) is 28.3 Å². The molecule has 0 saturated carbocycles. The van der Waals surface area contributed by atoms with Crippen molar-refractivity contribution in [3.05, 3.63) is 29.6 Å². The third-order valence-corrected chi connectivity index (χ3v) is 3.82. The lowest BCUT2D eigenvalue weighted by Gasteiger charge is -2.30. The van der Waals surface area contributed by atoms with Crippen LogP contribution in [0.1, 0.15) is 31.3 Å². The van der Waals surface area contributed by atoms with Crippen molar-refractivity contribution in [3.63, 3.8) is 0 Å². The summed E-state index contributed by atoms with van der Waals surface area (Å²) in [5.41, 5.74) is 2.74. The van der Waals surface area contributed by atoms with Crippen LogP contribution in [0.4, 0.5) is 0 Å². The summed E-state index contributed by atoms with van der Waals surface area (Å²) in [6.45, 7) is 6.86. The maximum absolute atomic E-state index is 10.5. The zero-order chi connectivity index (χ0) is 14.2. The van der Waals surface area contributed by atoms with Crippen molar-refractivity contribution < 1.29 is 5.11 Å². The van der Waals surface area contributed by atoms with Crippen molar-refractivity contribution in [1.82, 2.24) is 14.9 Å². The van der Waals surface area contributed by atoms with Crippen LogP contribution >= 0.6 is 0 Å². The fourth-order valence-corrected chi connectivity index (χ4v) is 2.51. The monoisotopic (exact) mass is 261 g/mol. The molecule has 1 heterocycles. The summed E-state index contributed by atoms with van der Waals surface area (Å²) in [6, 6.07) is 6.01. The van der Waals surface area contributed by atoms with Crippen molar-refractivity contribution in [2.24, 2.45) is 12.5 Å². The van der Waals surface area contributed by atoms with E-state index in [-0.39, 0.29) is 5.41 Å². The molecule has 0 aliphatic rings. The Morgan fingerprint density at radius 2 is 2.11 bits per heavy atom. The van der Waals surface area contributed by atoms with Crippen LogP contribution in [0.3, 0.4) is 0 Å². The number of rotatable bonds is 4. The molecule has 0 spiro atoms. The lowest BCUT2D eigenvalue weighted by atomic mass is 9.82. The number of fused-ring (bicyclic) bond motifs is 1. The van der Waals surface area contributed by atoms with Gasteiger partial charge in [-0.2, -0.15) is 0 Å². The van der Waals surface area contributed by atoms with E-state index in [4.69, 9.17) is 0 Å². The molecule has 1 unspecified atom stereocenters. The van der Waals surface area contributed by atoms with E-state index in [1.807, 2.05) is 39.2 Å². The van der Waals surface area contributed by atoms with E-state index in [1.165, 1.54) is 0 Å². The molecule has 2 rings (SSSR count). The van der Waals surface area contributed by atoms with Gasteiger partial charge in [0.1, 0.15) is 5.82 Å². The van der Waals surface area contributed by atoms with Crippen molar-refractivity contribution in [1.29, 1.82) is 0 Å². The van der Waals surface area contributed by atoms with E-state index in [0.717, 1.165) is 29.0 Å². The van der Waals surface area contributed by atoms with Crippen molar-refractivity contribution >= 4 is 11.0 Å². The second kappa shape index (κ2) is 4.94. The van der Waals surface area contributed by atoms with Crippen LogP contribution in [0, 0.1) is 12.3 Å². The van der Waals surface area contributed by atoms with Crippen LogP contribution in [-0.2, 0) is 7.05 Å². The Labute approximate surface area is 114 Å². The highest BCUT2D eigenvalue weighted by Crippen LogP contribution is 2.33. The molecule has 0 saturated heterocycles. The average molecular weight is 261 g/mol. The molecule has 104 valence electrons. The Balaban J connectivity index is 2.41. The first-order valence-electron chi connectivity index (χ1n) is 6.62. The first kappa shape index (κ1) is 14.0. The van der Waals surface area contributed by atoms with Gasteiger partial charge < -0.3 is 15.0 Å². The summed E-state index contributed by atoms with van der Waals surface area (Å²) >= 11 is 0. The van der Waals surface area contributed by atoms with Gasteiger partial charge in [-0.25, -0.2) is 4.98 Å². The second-order valence-corrected chi connectivity index (χ2v) is 5.89. The molecular formula is C15H23N3O. The third-order valence-electron chi connectivity index (χ3n) is 3.82. The number of nitrogens with one attached hydrogen (secondary N) is 1. The highest BCUT2D eigenvalue weighted by molar-refractivity contribution is 5.76. The molecule has 0 bridgehead atoms. The van der Waals surface area contributed by atoms with Crippen molar-refractivity contribution in [3.8, 4) is 0 Å². The Morgan fingerprint density at radius 3 is 2.74 bits per heavy atom. The number of aryl methyl sites for hydroxylation is 2. The molecule has 0 radical (unpaired) electrons. The largest absolute Gasteiger partial charge is 0.388 e. The minimum atomic E-state index is -0.508. The average Bonchev–Trinajstić information content (AvgIpc) is 2.63. The lowest BCUT2D eigenvalue weighted by molar-refractivity contribution is 0.0507. The van der Waals surface area contributed by atoms with Crippen LogP contribution in [0.25, 0.3) is 11.0 Å². The van der Waals surface area contributed by atoms with Crippen LogP contribution in [0.2, 0.25) is 0 Å². The predicted molar refractivity (Wildman–Crippen MR) is 78.1 cm³/mol. The van der Waals surface area contributed by atoms with Gasteiger partial charge in [-0.05, 0) is 31.7 Å². The van der Waals surface area contributed by atoms with Gasteiger partial charge in [0.25, 0.3) is 0 Å². The number of hydrogen-bond donors (Lipinski definition) is 2.